The Hall–Kier alpha value is -2.24. The van der Waals surface area contributed by atoms with Crippen molar-refractivity contribution < 1.29 is 19.1 Å². The van der Waals surface area contributed by atoms with E-state index in [1.807, 2.05) is 13.8 Å². The Kier molecular flexibility index (Phi) is 4.35. The van der Waals surface area contributed by atoms with Crippen molar-refractivity contribution in [2.45, 2.75) is 19.9 Å². The van der Waals surface area contributed by atoms with Crippen LogP contribution in [0.25, 0.3) is 0 Å². The molecular weight excluding hydrogens is 272 g/mol. The average Bonchev–Trinajstić information content (AvgIpc) is 2.48. The minimum Gasteiger partial charge on any atom is -0.497 e. The van der Waals surface area contributed by atoms with Crippen molar-refractivity contribution in [1.29, 1.82) is 0 Å². The third-order valence-electron chi connectivity index (χ3n) is 3.48. The van der Waals surface area contributed by atoms with Gasteiger partial charge in [0.2, 0.25) is 11.8 Å². The highest BCUT2D eigenvalue weighted by Gasteiger charge is 2.37. The highest BCUT2D eigenvalue weighted by Crippen LogP contribution is 2.31. The van der Waals surface area contributed by atoms with E-state index >= 15 is 0 Å². The first-order valence-corrected chi connectivity index (χ1v) is 6.80. The highest BCUT2D eigenvalue weighted by atomic mass is 16.5. The molecule has 1 heterocycles. The molecule has 2 amide bonds. The molecule has 1 aromatic carbocycles. The summed E-state index contributed by atoms with van der Waals surface area (Å²) in [5.41, 5.74) is 0.602. The lowest BCUT2D eigenvalue weighted by atomic mass is 9.98. The number of ether oxygens (including phenoxy) is 2. The lowest BCUT2D eigenvalue weighted by Gasteiger charge is -2.37. The molecule has 114 valence electrons. The van der Waals surface area contributed by atoms with Crippen molar-refractivity contribution in [3.63, 3.8) is 0 Å². The molecule has 0 spiro atoms. The quantitative estimate of drug-likeness (QED) is 0.905. The smallest absolute Gasteiger partial charge is 0.247 e. The highest BCUT2D eigenvalue weighted by molar-refractivity contribution is 6.06. The molecule has 1 aromatic rings. The Bertz CT molecular complexity index is 534. The summed E-state index contributed by atoms with van der Waals surface area (Å²) < 4.78 is 10.5. The molecule has 6 heteroatoms. The molecule has 0 aromatic heterocycles. The van der Waals surface area contributed by atoms with Gasteiger partial charge in [-0.25, -0.2) is 0 Å². The average molecular weight is 292 g/mol. The maximum absolute atomic E-state index is 12.3. The topological polar surface area (TPSA) is 67.9 Å². The zero-order chi connectivity index (χ0) is 15.6. The number of benzene rings is 1. The summed E-state index contributed by atoms with van der Waals surface area (Å²) in [4.78, 5) is 25.9. The molecule has 21 heavy (non-hydrogen) atoms. The molecule has 1 fully saturated rings. The van der Waals surface area contributed by atoms with E-state index < -0.39 is 6.04 Å². The van der Waals surface area contributed by atoms with Gasteiger partial charge in [0.1, 0.15) is 17.5 Å². The SMILES string of the molecule is COc1cc(OC)cc(N2C(=O)CNC(=O)C2C(C)C)c1. The van der Waals surface area contributed by atoms with Crippen LogP contribution in [0.15, 0.2) is 18.2 Å². The molecule has 0 radical (unpaired) electrons. The van der Waals surface area contributed by atoms with Gasteiger partial charge < -0.3 is 14.8 Å². The largest absolute Gasteiger partial charge is 0.497 e. The summed E-state index contributed by atoms with van der Waals surface area (Å²) >= 11 is 0. The Morgan fingerprint density at radius 2 is 1.71 bits per heavy atom. The van der Waals surface area contributed by atoms with E-state index in [2.05, 4.69) is 5.32 Å². The van der Waals surface area contributed by atoms with Crippen molar-refractivity contribution in [3.8, 4) is 11.5 Å². The van der Waals surface area contributed by atoms with Crippen molar-refractivity contribution in [2.75, 3.05) is 25.7 Å². The Labute approximate surface area is 124 Å². The van der Waals surface area contributed by atoms with Crippen molar-refractivity contribution in [2.24, 2.45) is 5.92 Å². The van der Waals surface area contributed by atoms with Crippen LogP contribution in [0.5, 0.6) is 11.5 Å². The standard InChI is InChI=1S/C15H20N2O4/c1-9(2)14-15(19)16-8-13(18)17(14)10-5-11(20-3)7-12(6-10)21-4/h5-7,9,14H,8H2,1-4H3,(H,16,19). The molecule has 0 aliphatic carbocycles. The zero-order valence-corrected chi connectivity index (χ0v) is 12.7. The molecule has 0 saturated carbocycles. The second kappa shape index (κ2) is 6.03. The third-order valence-corrected chi connectivity index (χ3v) is 3.48. The minimum absolute atomic E-state index is 0.00157. The summed E-state index contributed by atoms with van der Waals surface area (Å²) in [7, 11) is 3.09. The lowest BCUT2D eigenvalue weighted by molar-refractivity contribution is -0.131. The van der Waals surface area contributed by atoms with Crippen LogP contribution < -0.4 is 19.7 Å². The van der Waals surface area contributed by atoms with Gasteiger partial charge in [-0.3, -0.25) is 14.5 Å². The third kappa shape index (κ3) is 2.94. The number of rotatable bonds is 4. The number of carbonyl (C=O) groups is 2. The molecule has 1 aliphatic rings. The molecular formula is C15H20N2O4. The number of nitrogens with one attached hydrogen (secondary N) is 1. The van der Waals surface area contributed by atoms with E-state index in [0.29, 0.717) is 17.2 Å². The molecule has 1 atom stereocenters. The van der Waals surface area contributed by atoms with Crippen LogP contribution in [0.2, 0.25) is 0 Å². The first-order chi connectivity index (χ1) is 9.97. The second-order valence-electron chi connectivity index (χ2n) is 5.24. The first kappa shape index (κ1) is 15.2. The molecule has 1 aliphatic heterocycles. The maximum atomic E-state index is 12.3. The maximum Gasteiger partial charge on any atom is 0.247 e. The summed E-state index contributed by atoms with van der Waals surface area (Å²) in [6, 6.07) is 4.65. The number of methoxy groups -OCH3 is 2. The van der Waals surface area contributed by atoms with E-state index in [9.17, 15) is 9.59 Å². The number of piperazine rings is 1. The fourth-order valence-corrected chi connectivity index (χ4v) is 2.46. The number of hydrogen-bond acceptors (Lipinski definition) is 4. The molecule has 6 nitrogen and oxygen atoms in total. The summed E-state index contributed by atoms with van der Waals surface area (Å²) in [5.74, 6) is 0.845. The van der Waals surface area contributed by atoms with Gasteiger partial charge >= 0.3 is 0 Å². The minimum atomic E-state index is -0.539. The predicted molar refractivity (Wildman–Crippen MR) is 78.7 cm³/mol. The summed E-state index contributed by atoms with van der Waals surface area (Å²) in [6.45, 7) is 3.82. The fraction of sp³-hybridized carbons (Fsp3) is 0.467. The van der Waals surface area contributed by atoms with Crippen LogP contribution in [0.3, 0.4) is 0 Å². The summed E-state index contributed by atoms with van der Waals surface area (Å²) in [5, 5.41) is 2.63. The van der Waals surface area contributed by atoms with Crippen molar-refractivity contribution in [3.05, 3.63) is 18.2 Å². The van der Waals surface area contributed by atoms with Gasteiger partial charge in [-0.1, -0.05) is 13.8 Å². The number of carbonyl (C=O) groups excluding carboxylic acids is 2. The fourth-order valence-electron chi connectivity index (χ4n) is 2.46. The Morgan fingerprint density at radius 1 is 1.14 bits per heavy atom. The predicted octanol–water partition coefficient (Wildman–Crippen LogP) is 1.19. The van der Waals surface area contributed by atoms with Gasteiger partial charge in [-0.2, -0.15) is 0 Å². The number of amides is 2. The van der Waals surface area contributed by atoms with E-state index in [1.54, 1.807) is 32.4 Å². The summed E-state index contributed by atoms with van der Waals surface area (Å²) in [6.07, 6.45) is 0. The van der Waals surface area contributed by atoms with E-state index in [-0.39, 0.29) is 24.3 Å². The van der Waals surface area contributed by atoms with Crippen LogP contribution in [0, 0.1) is 5.92 Å². The second-order valence-corrected chi connectivity index (χ2v) is 5.24. The molecule has 1 saturated heterocycles. The van der Waals surface area contributed by atoms with Gasteiger partial charge in [-0.05, 0) is 5.92 Å². The number of hydrogen-bond donors (Lipinski definition) is 1. The van der Waals surface area contributed by atoms with Gasteiger partial charge in [0, 0.05) is 18.2 Å². The van der Waals surface area contributed by atoms with Gasteiger partial charge in [-0.15, -0.1) is 0 Å². The zero-order valence-electron chi connectivity index (χ0n) is 12.7. The first-order valence-electron chi connectivity index (χ1n) is 6.80. The van der Waals surface area contributed by atoms with Crippen LogP contribution in [0.4, 0.5) is 5.69 Å². The van der Waals surface area contributed by atoms with E-state index in [4.69, 9.17) is 9.47 Å². The van der Waals surface area contributed by atoms with E-state index in [0.717, 1.165) is 0 Å². The molecule has 1 N–H and O–H groups in total. The van der Waals surface area contributed by atoms with Crippen LogP contribution in [-0.2, 0) is 9.59 Å². The van der Waals surface area contributed by atoms with Crippen LogP contribution in [-0.4, -0.2) is 38.6 Å². The van der Waals surface area contributed by atoms with Gasteiger partial charge in [0.15, 0.2) is 0 Å². The van der Waals surface area contributed by atoms with Crippen LogP contribution >= 0.6 is 0 Å². The molecule has 2 rings (SSSR count). The number of nitrogens with zero attached hydrogens (tertiary/aromatic N) is 1. The number of anilines is 1. The van der Waals surface area contributed by atoms with Crippen molar-refractivity contribution in [1.82, 2.24) is 5.32 Å². The monoisotopic (exact) mass is 292 g/mol. The van der Waals surface area contributed by atoms with Crippen LogP contribution in [0.1, 0.15) is 13.8 Å². The lowest BCUT2D eigenvalue weighted by Crippen LogP contribution is -2.60. The van der Waals surface area contributed by atoms with Gasteiger partial charge in [0.25, 0.3) is 0 Å². The van der Waals surface area contributed by atoms with E-state index in [1.165, 1.54) is 4.90 Å². The Balaban J connectivity index is 2.49. The van der Waals surface area contributed by atoms with Gasteiger partial charge in [0.05, 0.1) is 26.5 Å². The Morgan fingerprint density at radius 3 is 2.19 bits per heavy atom. The molecule has 1 unspecified atom stereocenters. The van der Waals surface area contributed by atoms with Crippen molar-refractivity contribution >= 4 is 17.5 Å². The normalized spacial score (nSPS) is 18.7. The molecule has 0 bridgehead atoms.